The van der Waals surface area contributed by atoms with Crippen LogP contribution in [0.15, 0.2) is 0 Å². The van der Waals surface area contributed by atoms with Gasteiger partial charge in [-0.1, -0.05) is 33.1 Å². The van der Waals surface area contributed by atoms with Gasteiger partial charge in [-0.25, -0.2) is 8.78 Å². The van der Waals surface area contributed by atoms with E-state index in [1.807, 2.05) is 0 Å². The third-order valence-corrected chi connectivity index (χ3v) is 5.58. The fourth-order valence-corrected chi connectivity index (χ4v) is 4.10. The van der Waals surface area contributed by atoms with Crippen LogP contribution in [-0.4, -0.2) is 42.5 Å². The lowest BCUT2D eigenvalue weighted by atomic mass is 9.79. The summed E-state index contributed by atoms with van der Waals surface area (Å²) in [6, 6.07) is 0.315. The summed E-state index contributed by atoms with van der Waals surface area (Å²) >= 11 is 0. The molecule has 1 aliphatic heterocycles. The Morgan fingerprint density at radius 1 is 1.15 bits per heavy atom. The van der Waals surface area contributed by atoms with Gasteiger partial charge in [0.25, 0.3) is 6.43 Å². The number of rotatable bonds is 5. The van der Waals surface area contributed by atoms with E-state index in [1.165, 1.54) is 32.1 Å². The summed E-state index contributed by atoms with van der Waals surface area (Å²) in [6.07, 6.45) is 6.12. The molecule has 2 nitrogen and oxygen atoms in total. The van der Waals surface area contributed by atoms with Crippen LogP contribution in [0, 0.1) is 5.92 Å². The lowest BCUT2D eigenvalue weighted by Crippen LogP contribution is -2.66. The zero-order valence-corrected chi connectivity index (χ0v) is 13.0. The third kappa shape index (κ3) is 3.70. The third-order valence-electron chi connectivity index (χ3n) is 5.58. The van der Waals surface area contributed by atoms with Crippen molar-refractivity contribution in [2.45, 2.75) is 76.8 Å². The molecule has 0 spiro atoms. The Bertz CT molecular complexity index is 286. The van der Waals surface area contributed by atoms with Crippen molar-refractivity contribution in [3.63, 3.8) is 0 Å². The van der Waals surface area contributed by atoms with Gasteiger partial charge in [0.1, 0.15) is 0 Å². The first-order valence-corrected chi connectivity index (χ1v) is 8.37. The Kier molecular flexibility index (Phi) is 5.79. The first kappa shape index (κ1) is 16.2. The van der Waals surface area contributed by atoms with Crippen molar-refractivity contribution in [1.29, 1.82) is 0 Å². The van der Waals surface area contributed by atoms with Crippen molar-refractivity contribution in [2.75, 3.05) is 19.6 Å². The van der Waals surface area contributed by atoms with Crippen molar-refractivity contribution in [2.24, 2.45) is 5.92 Å². The zero-order chi connectivity index (χ0) is 14.6. The molecule has 1 heterocycles. The standard InChI is InChI=1S/C16H30F2N2/c1-3-16(4-2)12-20(11-15(17)18)14(10-19-16)13-8-6-5-7-9-13/h13-15,19H,3-12H2,1-2H3. The highest BCUT2D eigenvalue weighted by atomic mass is 19.3. The molecular formula is C16H30F2N2. The van der Waals surface area contributed by atoms with E-state index in [0.29, 0.717) is 12.0 Å². The van der Waals surface area contributed by atoms with Gasteiger partial charge in [0.2, 0.25) is 0 Å². The minimum atomic E-state index is -2.22. The highest BCUT2D eigenvalue weighted by Crippen LogP contribution is 2.33. The second kappa shape index (κ2) is 7.17. The summed E-state index contributed by atoms with van der Waals surface area (Å²) in [6.45, 7) is 5.95. The molecule has 2 fully saturated rings. The maximum Gasteiger partial charge on any atom is 0.251 e. The Balaban J connectivity index is 2.06. The van der Waals surface area contributed by atoms with Crippen LogP contribution in [0.5, 0.6) is 0 Å². The first-order valence-electron chi connectivity index (χ1n) is 8.37. The molecule has 1 saturated carbocycles. The van der Waals surface area contributed by atoms with Crippen LogP contribution in [0.2, 0.25) is 0 Å². The zero-order valence-electron chi connectivity index (χ0n) is 13.0. The van der Waals surface area contributed by atoms with Gasteiger partial charge in [-0.2, -0.15) is 0 Å². The van der Waals surface area contributed by atoms with Crippen LogP contribution < -0.4 is 5.32 Å². The molecule has 20 heavy (non-hydrogen) atoms. The lowest BCUT2D eigenvalue weighted by Gasteiger charge is -2.50. The molecule has 0 amide bonds. The summed E-state index contributed by atoms with van der Waals surface area (Å²) in [4.78, 5) is 2.10. The van der Waals surface area contributed by atoms with Crippen molar-refractivity contribution >= 4 is 0 Å². The first-order chi connectivity index (χ1) is 9.60. The molecule has 0 aromatic carbocycles. The summed E-state index contributed by atoms with van der Waals surface area (Å²) in [5.74, 6) is 0.613. The monoisotopic (exact) mass is 288 g/mol. The molecule has 0 aromatic heterocycles. The fourth-order valence-electron chi connectivity index (χ4n) is 4.10. The number of nitrogens with zero attached hydrogens (tertiary/aromatic N) is 1. The Morgan fingerprint density at radius 3 is 2.35 bits per heavy atom. The predicted octanol–water partition coefficient (Wildman–Crippen LogP) is 3.66. The number of nitrogens with one attached hydrogen (secondary N) is 1. The van der Waals surface area contributed by atoms with E-state index in [1.54, 1.807) is 0 Å². The molecule has 1 saturated heterocycles. The average Bonchev–Trinajstić information content (AvgIpc) is 2.47. The molecule has 2 aliphatic rings. The average molecular weight is 288 g/mol. The van der Waals surface area contributed by atoms with Gasteiger partial charge in [0.15, 0.2) is 0 Å². The van der Waals surface area contributed by atoms with Crippen molar-refractivity contribution in [3.05, 3.63) is 0 Å². The highest BCUT2D eigenvalue weighted by Gasteiger charge is 2.40. The SMILES string of the molecule is CCC1(CC)CN(CC(F)F)C(C2CCCCC2)CN1. The van der Waals surface area contributed by atoms with E-state index in [2.05, 4.69) is 24.1 Å². The Labute approximate surface area is 122 Å². The molecular weight excluding hydrogens is 258 g/mol. The summed E-state index contributed by atoms with van der Waals surface area (Å²) < 4.78 is 25.9. The lowest BCUT2D eigenvalue weighted by molar-refractivity contribution is -0.00818. The molecule has 1 aliphatic carbocycles. The maximum absolute atomic E-state index is 13.0. The smallest absolute Gasteiger partial charge is 0.251 e. The van der Waals surface area contributed by atoms with Gasteiger partial charge in [-0.05, 0) is 31.6 Å². The summed E-state index contributed by atoms with van der Waals surface area (Å²) in [5.41, 5.74) is 0.0417. The van der Waals surface area contributed by atoms with Crippen LogP contribution >= 0.6 is 0 Å². The highest BCUT2D eigenvalue weighted by molar-refractivity contribution is 4.99. The number of alkyl halides is 2. The number of halogens is 2. The van der Waals surface area contributed by atoms with E-state index < -0.39 is 6.43 Å². The molecule has 0 bridgehead atoms. The summed E-state index contributed by atoms with van der Waals surface area (Å²) in [5, 5.41) is 3.70. The number of hydrogen-bond donors (Lipinski definition) is 1. The van der Waals surface area contributed by atoms with Crippen LogP contribution in [0.25, 0.3) is 0 Å². The molecule has 0 aromatic rings. The molecule has 2 rings (SSSR count). The van der Waals surface area contributed by atoms with Gasteiger partial charge in [0.05, 0.1) is 6.54 Å². The largest absolute Gasteiger partial charge is 0.308 e. The van der Waals surface area contributed by atoms with Gasteiger partial charge < -0.3 is 5.32 Å². The molecule has 118 valence electrons. The maximum atomic E-state index is 13.0. The Morgan fingerprint density at radius 2 is 1.80 bits per heavy atom. The van der Waals surface area contributed by atoms with Crippen molar-refractivity contribution in [1.82, 2.24) is 10.2 Å². The van der Waals surface area contributed by atoms with Crippen LogP contribution in [0.4, 0.5) is 8.78 Å². The van der Waals surface area contributed by atoms with Gasteiger partial charge in [-0.15, -0.1) is 0 Å². The number of hydrogen-bond acceptors (Lipinski definition) is 2. The topological polar surface area (TPSA) is 15.3 Å². The van der Waals surface area contributed by atoms with E-state index in [4.69, 9.17) is 0 Å². The number of piperazine rings is 1. The van der Waals surface area contributed by atoms with Gasteiger partial charge in [0, 0.05) is 24.7 Å². The van der Waals surface area contributed by atoms with Gasteiger partial charge in [-0.3, -0.25) is 4.90 Å². The Hall–Kier alpha value is -0.220. The van der Waals surface area contributed by atoms with Crippen molar-refractivity contribution in [3.8, 4) is 0 Å². The van der Waals surface area contributed by atoms with E-state index >= 15 is 0 Å². The fraction of sp³-hybridized carbons (Fsp3) is 1.00. The molecule has 0 radical (unpaired) electrons. The van der Waals surface area contributed by atoms with Crippen molar-refractivity contribution < 1.29 is 8.78 Å². The van der Waals surface area contributed by atoms with E-state index in [-0.39, 0.29) is 12.1 Å². The minimum Gasteiger partial charge on any atom is -0.308 e. The summed E-state index contributed by atoms with van der Waals surface area (Å²) in [7, 11) is 0. The van der Waals surface area contributed by atoms with E-state index in [0.717, 1.165) is 25.9 Å². The molecule has 1 unspecified atom stereocenters. The van der Waals surface area contributed by atoms with Crippen LogP contribution in [0.3, 0.4) is 0 Å². The quantitative estimate of drug-likeness (QED) is 0.830. The molecule has 1 atom stereocenters. The second-order valence-corrected chi connectivity index (χ2v) is 6.65. The second-order valence-electron chi connectivity index (χ2n) is 6.65. The molecule has 4 heteroatoms. The van der Waals surface area contributed by atoms with E-state index in [9.17, 15) is 8.78 Å². The van der Waals surface area contributed by atoms with Gasteiger partial charge >= 0.3 is 0 Å². The van der Waals surface area contributed by atoms with Crippen LogP contribution in [0.1, 0.15) is 58.8 Å². The minimum absolute atomic E-state index is 0.0417. The molecule has 1 N–H and O–H groups in total. The normalized spacial score (nSPS) is 28.9. The predicted molar refractivity (Wildman–Crippen MR) is 79.3 cm³/mol. The van der Waals surface area contributed by atoms with Crippen LogP contribution in [-0.2, 0) is 0 Å².